The van der Waals surface area contributed by atoms with Crippen LogP contribution in [0.1, 0.15) is 29.5 Å². The predicted molar refractivity (Wildman–Crippen MR) is 153 cm³/mol. The van der Waals surface area contributed by atoms with Crippen molar-refractivity contribution < 1.29 is 29.0 Å². The van der Waals surface area contributed by atoms with Gasteiger partial charge in [-0.15, -0.1) is 11.8 Å². The summed E-state index contributed by atoms with van der Waals surface area (Å²) in [6, 6.07) is 24.6. The van der Waals surface area contributed by atoms with Crippen LogP contribution in [0.25, 0.3) is 11.1 Å². The van der Waals surface area contributed by atoms with Gasteiger partial charge in [0.15, 0.2) is 0 Å². The van der Waals surface area contributed by atoms with Crippen LogP contribution in [-0.2, 0) is 25.7 Å². The fraction of sp³-hybridized carbons (Fsp3) is 0.323. The molecule has 40 heavy (non-hydrogen) atoms. The van der Waals surface area contributed by atoms with Gasteiger partial charge in [0.05, 0.1) is 12.7 Å². The van der Waals surface area contributed by atoms with Crippen LogP contribution in [0.2, 0.25) is 0 Å². The maximum absolute atomic E-state index is 13.6. The third kappa shape index (κ3) is 6.16. The molecule has 3 unspecified atom stereocenters. The van der Waals surface area contributed by atoms with Gasteiger partial charge in [-0.25, -0.2) is 4.79 Å². The van der Waals surface area contributed by atoms with Gasteiger partial charge in [-0.3, -0.25) is 9.59 Å². The van der Waals surface area contributed by atoms with E-state index in [2.05, 4.69) is 17.4 Å². The molecule has 8 nitrogen and oxygen atoms in total. The molecule has 0 aromatic heterocycles. The molecular formula is C31H32N2O6S. The molecule has 3 aromatic carbocycles. The number of hydrogen-bond acceptors (Lipinski definition) is 6. The fourth-order valence-electron chi connectivity index (χ4n) is 5.24. The summed E-state index contributed by atoms with van der Waals surface area (Å²) in [5.74, 6) is -0.966. The minimum atomic E-state index is -1.04. The normalized spacial score (nSPS) is 17.8. The van der Waals surface area contributed by atoms with E-state index in [1.54, 1.807) is 6.92 Å². The number of fused-ring (bicyclic) bond motifs is 3. The molecule has 208 valence electrons. The summed E-state index contributed by atoms with van der Waals surface area (Å²) in [5, 5.41) is 11.5. The van der Waals surface area contributed by atoms with E-state index in [0.29, 0.717) is 12.3 Å². The summed E-state index contributed by atoms with van der Waals surface area (Å²) in [6.07, 6.45) is -1.41. The zero-order chi connectivity index (χ0) is 28.1. The van der Waals surface area contributed by atoms with Crippen LogP contribution in [0.3, 0.4) is 0 Å². The van der Waals surface area contributed by atoms with Gasteiger partial charge in [0, 0.05) is 24.8 Å². The number of carbonyl (C=O) groups is 3. The predicted octanol–water partition coefficient (Wildman–Crippen LogP) is 4.53. The molecule has 1 saturated heterocycles. The molecule has 0 radical (unpaired) electrons. The van der Waals surface area contributed by atoms with Crippen molar-refractivity contribution in [3.8, 4) is 11.1 Å². The van der Waals surface area contributed by atoms with Gasteiger partial charge in [-0.1, -0.05) is 78.9 Å². The molecule has 2 N–H and O–H groups in total. The lowest BCUT2D eigenvalue weighted by Gasteiger charge is -2.34. The molecular weight excluding hydrogens is 528 g/mol. The number of nitrogens with one attached hydrogen (secondary N) is 1. The Bertz CT molecular complexity index is 1320. The summed E-state index contributed by atoms with van der Waals surface area (Å²) in [6.45, 7) is 2.55. The Kier molecular flexibility index (Phi) is 8.72. The summed E-state index contributed by atoms with van der Waals surface area (Å²) < 4.78 is 11.7. The van der Waals surface area contributed by atoms with E-state index in [9.17, 15) is 19.5 Å². The van der Waals surface area contributed by atoms with E-state index < -0.39 is 29.5 Å². The molecule has 2 amide bonds. The average Bonchev–Trinajstić information content (AvgIpc) is 3.31. The average molecular weight is 561 g/mol. The highest BCUT2D eigenvalue weighted by molar-refractivity contribution is 8.00. The summed E-state index contributed by atoms with van der Waals surface area (Å²) >= 11 is 1.31. The van der Waals surface area contributed by atoms with Crippen molar-refractivity contribution >= 4 is 29.7 Å². The molecule has 3 aromatic rings. The first kappa shape index (κ1) is 27.7. The number of ether oxygens (including phenoxy) is 2. The van der Waals surface area contributed by atoms with Crippen LogP contribution in [0.15, 0.2) is 78.9 Å². The Labute approximate surface area is 237 Å². The van der Waals surface area contributed by atoms with Crippen molar-refractivity contribution in [1.82, 2.24) is 10.2 Å². The molecule has 1 aliphatic heterocycles. The molecule has 0 bridgehead atoms. The first-order valence-corrected chi connectivity index (χ1v) is 14.4. The number of amides is 2. The van der Waals surface area contributed by atoms with E-state index in [1.807, 2.05) is 66.7 Å². The maximum atomic E-state index is 13.6. The Balaban J connectivity index is 1.28. The van der Waals surface area contributed by atoms with E-state index in [-0.39, 0.29) is 31.6 Å². The Morgan fingerprint density at radius 2 is 1.60 bits per heavy atom. The van der Waals surface area contributed by atoms with Gasteiger partial charge < -0.3 is 24.8 Å². The molecule has 9 heteroatoms. The van der Waals surface area contributed by atoms with Gasteiger partial charge >= 0.3 is 12.1 Å². The smallest absolute Gasteiger partial charge is 0.407 e. The van der Waals surface area contributed by atoms with Crippen molar-refractivity contribution in [2.45, 2.75) is 36.8 Å². The quantitative estimate of drug-likeness (QED) is 0.396. The standard InChI is InChI=1S/C31H32N2O6S/c1-20(38-18-21-9-3-2-4-10-21)28(29(34)33-15-16-40-27(17-33)30(35)36)32-31(37)39-19-26-24-13-7-5-11-22(24)23-12-6-8-14-25(23)26/h2-14,20,26-28H,15-19H2,1H3,(H,32,37)(H,35,36). The summed E-state index contributed by atoms with van der Waals surface area (Å²) in [4.78, 5) is 39.8. The van der Waals surface area contributed by atoms with Crippen LogP contribution in [0.4, 0.5) is 4.79 Å². The number of nitrogens with zero attached hydrogens (tertiary/aromatic N) is 1. The number of rotatable bonds is 9. The second-order valence-electron chi connectivity index (χ2n) is 9.93. The van der Waals surface area contributed by atoms with Crippen LogP contribution < -0.4 is 5.32 Å². The Morgan fingerprint density at radius 3 is 2.25 bits per heavy atom. The van der Waals surface area contributed by atoms with Crippen molar-refractivity contribution in [3.63, 3.8) is 0 Å². The molecule has 5 rings (SSSR count). The highest BCUT2D eigenvalue weighted by Crippen LogP contribution is 2.44. The minimum absolute atomic E-state index is 0.0626. The number of hydrogen-bond donors (Lipinski definition) is 2. The maximum Gasteiger partial charge on any atom is 0.407 e. The molecule has 1 fully saturated rings. The van der Waals surface area contributed by atoms with Crippen molar-refractivity contribution in [3.05, 3.63) is 95.6 Å². The highest BCUT2D eigenvalue weighted by atomic mass is 32.2. The second kappa shape index (κ2) is 12.6. The number of aliphatic carboxylic acids is 1. The Hall–Kier alpha value is -3.82. The van der Waals surface area contributed by atoms with Gasteiger partial charge in [0.1, 0.15) is 17.9 Å². The third-order valence-electron chi connectivity index (χ3n) is 7.36. The molecule has 3 atom stereocenters. The summed E-state index contributed by atoms with van der Waals surface area (Å²) in [7, 11) is 0. The fourth-order valence-corrected chi connectivity index (χ4v) is 6.28. The Morgan fingerprint density at radius 1 is 0.975 bits per heavy atom. The van der Waals surface area contributed by atoms with E-state index in [1.165, 1.54) is 16.7 Å². The van der Waals surface area contributed by atoms with E-state index in [0.717, 1.165) is 27.8 Å². The number of carbonyl (C=O) groups excluding carboxylic acids is 2. The topological polar surface area (TPSA) is 105 Å². The lowest BCUT2D eigenvalue weighted by molar-refractivity contribution is -0.140. The molecule has 0 saturated carbocycles. The first-order valence-electron chi connectivity index (χ1n) is 13.3. The third-order valence-corrected chi connectivity index (χ3v) is 8.53. The lowest BCUT2D eigenvalue weighted by atomic mass is 9.98. The molecule has 0 spiro atoms. The van der Waals surface area contributed by atoms with Gasteiger partial charge in [0.25, 0.3) is 0 Å². The van der Waals surface area contributed by atoms with Gasteiger partial charge in [0.2, 0.25) is 5.91 Å². The summed E-state index contributed by atoms with van der Waals surface area (Å²) in [5.41, 5.74) is 5.36. The van der Waals surface area contributed by atoms with Gasteiger partial charge in [-0.2, -0.15) is 0 Å². The second-order valence-corrected chi connectivity index (χ2v) is 11.2. The van der Waals surface area contributed by atoms with Gasteiger partial charge in [-0.05, 0) is 34.7 Å². The van der Waals surface area contributed by atoms with Crippen LogP contribution in [-0.4, -0.2) is 70.8 Å². The number of benzene rings is 3. The number of carboxylic acid groups (broad SMARTS) is 1. The number of thioether (sulfide) groups is 1. The van der Waals surface area contributed by atoms with Crippen LogP contribution in [0, 0.1) is 0 Å². The monoisotopic (exact) mass is 560 g/mol. The van der Waals surface area contributed by atoms with Crippen molar-refractivity contribution in [2.24, 2.45) is 0 Å². The molecule has 1 heterocycles. The first-order chi connectivity index (χ1) is 19.4. The van der Waals surface area contributed by atoms with Crippen LogP contribution >= 0.6 is 11.8 Å². The van der Waals surface area contributed by atoms with Crippen LogP contribution in [0.5, 0.6) is 0 Å². The van der Waals surface area contributed by atoms with Crippen molar-refractivity contribution in [1.29, 1.82) is 0 Å². The molecule has 2 aliphatic rings. The number of alkyl carbamates (subject to hydrolysis) is 1. The van der Waals surface area contributed by atoms with E-state index in [4.69, 9.17) is 9.47 Å². The SMILES string of the molecule is CC(OCc1ccccc1)C(NC(=O)OCC1c2ccccc2-c2ccccc21)C(=O)N1CCSC(C(=O)O)C1. The highest BCUT2D eigenvalue weighted by Gasteiger charge is 2.37. The minimum Gasteiger partial charge on any atom is -0.480 e. The van der Waals surface area contributed by atoms with Crippen molar-refractivity contribution in [2.75, 3.05) is 25.4 Å². The van der Waals surface area contributed by atoms with E-state index >= 15 is 0 Å². The lowest BCUT2D eigenvalue weighted by Crippen LogP contribution is -2.57. The molecule has 1 aliphatic carbocycles. The zero-order valence-corrected chi connectivity index (χ0v) is 23.0. The zero-order valence-electron chi connectivity index (χ0n) is 22.2. The largest absolute Gasteiger partial charge is 0.480 e. The number of carboxylic acids is 1.